The molecule has 202 valence electrons. The summed E-state index contributed by atoms with van der Waals surface area (Å²) in [6.45, 7) is 1.47. The molecule has 3 unspecified atom stereocenters. The Morgan fingerprint density at radius 2 is 1.84 bits per heavy atom. The highest BCUT2D eigenvalue weighted by Crippen LogP contribution is 2.30. The van der Waals surface area contributed by atoms with Crippen molar-refractivity contribution in [1.82, 2.24) is 15.3 Å². The number of nitrogens with zero attached hydrogens (tertiary/aromatic N) is 3. The van der Waals surface area contributed by atoms with Crippen LogP contribution >= 0.6 is 0 Å². The Balaban J connectivity index is 1.22. The second-order valence-electron chi connectivity index (χ2n) is 9.91. The number of hydrogen-bond donors (Lipinski definition) is 3. The first-order chi connectivity index (χ1) is 18.3. The number of rotatable bonds is 7. The van der Waals surface area contributed by atoms with E-state index in [4.69, 9.17) is 4.42 Å². The van der Waals surface area contributed by atoms with Crippen molar-refractivity contribution in [3.8, 4) is 11.3 Å². The zero-order valence-corrected chi connectivity index (χ0v) is 20.7. The maximum Gasteiger partial charge on any atom is 0.433 e. The molecule has 3 N–H and O–H groups in total. The van der Waals surface area contributed by atoms with E-state index in [0.29, 0.717) is 29.6 Å². The summed E-state index contributed by atoms with van der Waals surface area (Å²) in [6, 6.07) is 9.93. The highest BCUT2D eigenvalue weighted by molar-refractivity contribution is 5.89. The van der Waals surface area contributed by atoms with E-state index in [2.05, 4.69) is 25.5 Å². The summed E-state index contributed by atoms with van der Waals surface area (Å²) in [5.74, 6) is -0.513. The third kappa shape index (κ3) is 6.09. The Hall–Kier alpha value is -3.60. The average Bonchev–Trinajstić information content (AvgIpc) is 3.38. The number of oxazole rings is 1. The van der Waals surface area contributed by atoms with Crippen molar-refractivity contribution in [3.05, 3.63) is 60.0 Å². The van der Waals surface area contributed by atoms with Gasteiger partial charge in [-0.3, -0.25) is 0 Å². The molecule has 2 aromatic heterocycles. The van der Waals surface area contributed by atoms with Gasteiger partial charge >= 0.3 is 12.1 Å². The van der Waals surface area contributed by atoms with Gasteiger partial charge in [0.1, 0.15) is 5.69 Å². The SMILES string of the molecule is O=C(O)c1cccc(-c2cnc(NC3CCCCC3NC3CCCN(c4ccc(C(F)(F)F)nc4)C3)o2)c1. The Morgan fingerprint density at radius 3 is 2.58 bits per heavy atom. The summed E-state index contributed by atoms with van der Waals surface area (Å²) in [4.78, 5) is 21.4. The molecule has 1 aliphatic heterocycles. The normalized spacial score (nSPS) is 22.3. The lowest BCUT2D eigenvalue weighted by Gasteiger charge is -2.40. The Morgan fingerprint density at radius 1 is 1.03 bits per heavy atom. The Labute approximate surface area is 218 Å². The quantitative estimate of drug-likeness (QED) is 0.372. The molecule has 2 aliphatic rings. The fraction of sp³-hybridized carbons (Fsp3) is 0.444. The summed E-state index contributed by atoms with van der Waals surface area (Å²) in [6.07, 6.45) is 4.49. The first kappa shape index (κ1) is 26.0. The first-order valence-electron chi connectivity index (χ1n) is 12.9. The van der Waals surface area contributed by atoms with Crippen LogP contribution in [-0.4, -0.2) is 52.3 Å². The first-order valence-corrected chi connectivity index (χ1v) is 12.9. The van der Waals surface area contributed by atoms with Crippen molar-refractivity contribution in [2.24, 2.45) is 0 Å². The van der Waals surface area contributed by atoms with Gasteiger partial charge in [0.05, 0.1) is 23.6 Å². The van der Waals surface area contributed by atoms with Crippen LogP contribution in [0, 0.1) is 0 Å². The molecule has 5 rings (SSSR count). The molecule has 3 atom stereocenters. The molecule has 0 radical (unpaired) electrons. The number of piperidine rings is 1. The Bertz CT molecular complexity index is 1250. The molecule has 38 heavy (non-hydrogen) atoms. The third-order valence-corrected chi connectivity index (χ3v) is 7.25. The molecule has 11 heteroatoms. The van der Waals surface area contributed by atoms with Gasteiger partial charge in [-0.2, -0.15) is 13.2 Å². The minimum absolute atomic E-state index is 0.101. The van der Waals surface area contributed by atoms with E-state index in [-0.39, 0.29) is 23.7 Å². The zero-order chi connectivity index (χ0) is 26.7. The summed E-state index contributed by atoms with van der Waals surface area (Å²) in [7, 11) is 0. The van der Waals surface area contributed by atoms with Crippen molar-refractivity contribution in [2.45, 2.75) is 62.8 Å². The lowest BCUT2D eigenvalue weighted by molar-refractivity contribution is -0.141. The zero-order valence-electron chi connectivity index (χ0n) is 20.7. The number of carboxylic acids is 1. The molecule has 0 bridgehead atoms. The van der Waals surface area contributed by atoms with Crippen molar-refractivity contribution in [3.63, 3.8) is 0 Å². The maximum atomic E-state index is 12.9. The number of benzene rings is 1. The third-order valence-electron chi connectivity index (χ3n) is 7.25. The molecular weight excluding hydrogens is 499 g/mol. The number of nitrogens with one attached hydrogen (secondary N) is 2. The fourth-order valence-electron chi connectivity index (χ4n) is 5.33. The van der Waals surface area contributed by atoms with Crippen molar-refractivity contribution >= 4 is 17.7 Å². The van der Waals surface area contributed by atoms with E-state index in [9.17, 15) is 23.1 Å². The summed E-state index contributed by atoms with van der Waals surface area (Å²) < 4.78 is 44.6. The van der Waals surface area contributed by atoms with Gasteiger partial charge in [-0.25, -0.2) is 14.8 Å². The van der Waals surface area contributed by atoms with Crippen LogP contribution in [0.2, 0.25) is 0 Å². The number of carbonyl (C=O) groups is 1. The van der Waals surface area contributed by atoms with E-state index >= 15 is 0 Å². The van der Waals surface area contributed by atoms with Crippen LogP contribution in [0.5, 0.6) is 0 Å². The lowest BCUT2D eigenvalue weighted by atomic mass is 9.89. The Kier molecular flexibility index (Phi) is 7.55. The van der Waals surface area contributed by atoms with Gasteiger partial charge in [-0.15, -0.1) is 0 Å². The standard InChI is InChI=1S/C27H30F3N5O3/c28-27(29,30)24-11-10-20(14-31-24)35-12-4-7-19(16-35)33-21-8-1-2-9-22(21)34-26-32-15-23(38-26)17-5-3-6-18(13-17)25(36)37/h3,5-6,10-11,13-15,19,21-22,33H,1-2,4,7-9,12,16H2,(H,32,34)(H,36,37). The van der Waals surface area contributed by atoms with Crippen LogP contribution < -0.4 is 15.5 Å². The maximum absolute atomic E-state index is 12.9. The minimum atomic E-state index is -4.44. The fourth-order valence-corrected chi connectivity index (χ4v) is 5.33. The van der Waals surface area contributed by atoms with Gasteiger partial charge in [-0.05, 0) is 49.9 Å². The molecule has 1 saturated carbocycles. The van der Waals surface area contributed by atoms with Gasteiger partial charge in [0.25, 0.3) is 6.01 Å². The average molecular weight is 530 g/mol. The van der Waals surface area contributed by atoms with E-state index in [1.165, 1.54) is 18.3 Å². The number of carboxylic acid groups (broad SMARTS) is 1. The minimum Gasteiger partial charge on any atom is -0.478 e. The summed E-state index contributed by atoms with van der Waals surface area (Å²) in [5.41, 5.74) is 0.637. The van der Waals surface area contributed by atoms with Crippen molar-refractivity contribution in [2.75, 3.05) is 23.3 Å². The van der Waals surface area contributed by atoms with Crippen molar-refractivity contribution in [1.29, 1.82) is 0 Å². The van der Waals surface area contributed by atoms with Gasteiger partial charge in [0.2, 0.25) is 0 Å². The van der Waals surface area contributed by atoms with Crippen LogP contribution in [0.1, 0.15) is 54.6 Å². The highest BCUT2D eigenvalue weighted by Gasteiger charge is 2.33. The molecule has 3 aromatic rings. The smallest absolute Gasteiger partial charge is 0.433 e. The van der Waals surface area contributed by atoms with Gasteiger partial charge in [0.15, 0.2) is 5.76 Å². The number of anilines is 2. The number of aromatic carboxylic acids is 1. The van der Waals surface area contributed by atoms with Gasteiger partial charge in [-0.1, -0.05) is 25.0 Å². The topological polar surface area (TPSA) is 104 Å². The second kappa shape index (κ2) is 11.0. The van der Waals surface area contributed by atoms with Crippen LogP contribution in [0.3, 0.4) is 0 Å². The largest absolute Gasteiger partial charge is 0.478 e. The highest BCUT2D eigenvalue weighted by atomic mass is 19.4. The number of pyridine rings is 1. The monoisotopic (exact) mass is 529 g/mol. The molecule has 3 heterocycles. The molecule has 0 amide bonds. The summed E-state index contributed by atoms with van der Waals surface area (Å²) >= 11 is 0. The lowest BCUT2D eigenvalue weighted by Crippen LogP contribution is -2.54. The number of aromatic nitrogens is 2. The van der Waals surface area contributed by atoms with Crippen LogP contribution in [0.25, 0.3) is 11.3 Å². The predicted octanol–water partition coefficient (Wildman–Crippen LogP) is 5.44. The predicted molar refractivity (Wildman–Crippen MR) is 136 cm³/mol. The second-order valence-corrected chi connectivity index (χ2v) is 9.91. The number of hydrogen-bond acceptors (Lipinski definition) is 7. The van der Waals surface area contributed by atoms with E-state index in [1.807, 2.05) is 0 Å². The van der Waals surface area contributed by atoms with E-state index < -0.39 is 17.8 Å². The molecule has 8 nitrogen and oxygen atoms in total. The molecular formula is C27H30F3N5O3. The molecule has 2 fully saturated rings. The number of alkyl halides is 3. The molecule has 0 spiro atoms. The van der Waals surface area contributed by atoms with E-state index in [0.717, 1.165) is 51.1 Å². The van der Waals surface area contributed by atoms with E-state index in [1.54, 1.807) is 24.4 Å². The molecule has 1 aromatic carbocycles. The van der Waals surface area contributed by atoms with Gasteiger partial charge < -0.3 is 25.1 Å². The van der Waals surface area contributed by atoms with Gasteiger partial charge in [0, 0.05) is 36.8 Å². The van der Waals surface area contributed by atoms with Crippen LogP contribution in [-0.2, 0) is 6.18 Å². The summed E-state index contributed by atoms with van der Waals surface area (Å²) in [5, 5.41) is 16.5. The van der Waals surface area contributed by atoms with Crippen LogP contribution in [0.15, 0.2) is 53.2 Å². The van der Waals surface area contributed by atoms with Crippen molar-refractivity contribution < 1.29 is 27.5 Å². The molecule has 1 aliphatic carbocycles. The number of halogens is 3. The molecule has 1 saturated heterocycles. The van der Waals surface area contributed by atoms with Crippen LogP contribution in [0.4, 0.5) is 24.9 Å².